The fourth-order valence-corrected chi connectivity index (χ4v) is 3.82. The molecule has 0 spiro atoms. The molecule has 0 amide bonds. The van der Waals surface area contributed by atoms with Crippen LogP contribution >= 0.6 is 0 Å². The van der Waals surface area contributed by atoms with Gasteiger partial charge in [-0.3, -0.25) is 4.90 Å². The van der Waals surface area contributed by atoms with Crippen molar-refractivity contribution < 1.29 is 21.5 Å². The Morgan fingerprint density at radius 2 is 1.08 bits per heavy atom. The molecule has 0 bridgehead atoms. The lowest BCUT2D eigenvalue weighted by molar-refractivity contribution is -0.909. The molecule has 0 aliphatic heterocycles. The van der Waals surface area contributed by atoms with E-state index in [1.54, 1.807) is 0 Å². The molecular formula is C22H49BrN2. The summed E-state index contributed by atoms with van der Waals surface area (Å²) in [7, 11) is 7.09. The van der Waals surface area contributed by atoms with E-state index < -0.39 is 0 Å². The Hall–Kier alpha value is 0.400. The molecule has 0 aliphatic rings. The van der Waals surface area contributed by atoms with Gasteiger partial charge >= 0.3 is 0 Å². The smallest absolute Gasteiger partial charge is 0.144 e. The lowest BCUT2D eigenvalue weighted by atomic mass is 10.1. The third-order valence-corrected chi connectivity index (χ3v) is 5.17. The van der Waals surface area contributed by atoms with E-state index in [4.69, 9.17) is 0 Å². The van der Waals surface area contributed by atoms with Crippen LogP contribution in [0.15, 0.2) is 0 Å². The number of hydrogen-bond acceptors (Lipinski definition) is 1. The lowest BCUT2D eigenvalue weighted by Crippen LogP contribution is -3.00. The zero-order valence-corrected chi connectivity index (χ0v) is 20.0. The maximum absolute atomic E-state index is 2.77. The Bertz CT molecular complexity index is 263. The van der Waals surface area contributed by atoms with E-state index in [9.17, 15) is 0 Å². The molecule has 0 radical (unpaired) electrons. The third kappa shape index (κ3) is 15.2. The highest BCUT2D eigenvalue weighted by Gasteiger charge is 2.28. The summed E-state index contributed by atoms with van der Waals surface area (Å²) >= 11 is 0. The number of rotatable bonds is 17. The standard InChI is InChI=1S/C22H49N2.BrH/c1-7-10-11-12-13-14-15-16-17-18-21-23(20-9-3)22(19-8-2)24(4,5)6;/h22H,7-21H2,1-6H3;1H/q+1;/p-1. The van der Waals surface area contributed by atoms with E-state index in [2.05, 4.69) is 46.8 Å². The zero-order valence-electron chi connectivity index (χ0n) is 18.5. The molecule has 0 fully saturated rings. The van der Waals surface area contributed by atoms with Crippen molar-refractivity contribution in [2.24, 2.45) is 0 Å². The van der Waals surface area contributed by atoms with E-state index in [-0.39, 0.29) is 17.0 Å². The molecule has 0 saturated heterocycles. The van der Waals surface area contributed by atoms with Crippen molar-refractivity contribution in [3.05, 3.63) is 0 Å². The quantitative estimate of drug-likeness (QED) is 0.198. The van der Waals surface area contributed by atoms with Gasteiger partial charge in [0.15, 0.2) is 0 Å². The van der Waals surface area contributed by atoms with Gasteiger partial charge in [-0.05, 0) is 19.3 Å². The SMILES string of the molecule is CCCCCCCCCCCCN(CCC)C(CCC)[N+](C)(C)C.[Br-]. The Balaban J connectivity index is 0. The van der Waals surface area contributed by atoms with Crippen LogP contribution in [0, 0.1) is 0 Å². The largest absolute Gasteiger partial charge is 1.00 e. The average Bonchev–Trinajstić information content (AvgIpc) is 2.52. The predicted octanol–water partition coefficient (Wildman–Crippen LogP) is 3.46. The highest BCUT2D eigenvalue weighted by molar-refractivity contribution is 4.64. The summed E-state index contributed by atoms with van der Waals surface area (Å²) < 4.78 is 1.08. The summed E-state index contributed by atoms with van der Waals surface area (Å²) in [5.41, 5.74) is 0. The molecule has 0 aromatic heterocycles. The molecular weight excluding hydrogens is 372 g/mol. The van der Waals surface area contributed by atoms with Crippen LogP contribution in [0.3, 0.4) is 0 Å². The fraction of sp³-hybridized carbons (Fsp3) is 1.00. The van der Waals surface area contributed by atoms with E-state index >= 15 is 0 Å². The van der Waals surface area contributed by atoms with Gasteiger partial charge in [0.05, 0.1) is 21.1 Å². The first kappa shape index (κ1) is 27.6. The molecule has 0 aromatic carbocycles. The van der Waals surface area contributed by atoms with Crippen molar-refractivity contribution in [2.45, 2.75) is 110 Å². The van der Waals surface area contributed by atoms with Gasteiger partial charge in [-0.15, -0.1) is 0 Å². The molecule has 25 heavy (non-hydrogen) atoms. The third-order valence-electron chi connectivity index (χ3n) is 5.17. The van der Waals surface area contributed by atoms with Crippen molar-refractivity contribution in [3.8, 4) is 0 Å². The maximum Gasteiger partial charge on any atom is 0.144 e. The van der Waals surface area contributed by atoms with Gasteiger partial charge in [0.1, 0.15) is 6.17 Å². The van der Waals surface area contributed by atoms with Crippen LogP contribution in [0.25, 0.3) is 0 Å². The molecule has 2 nitrogen and oxygen atoms in total. The van der Waals surface area contributed by atoms with Crippen LogP contribution in [0.2, 0.25) is 0 Å². The van der Waals surface area contributed by atoms with Crippen molar-refractivity contribution in [2.75, 3.05) is 34.2 Å². The molecule has 1 atom stereocenters. The van der Waals surface area contributed by atoms with Gasteiger partial charge < -0.3 is 21.5 Å². The number of hydrogen-bond donors (Lipinski definition) is 0. The summed E-state index contributed by atoms with van der Waals surface area (Å²) in [5, 5.41) is 0. The highest BCUT2D eigenvalue weighted by Crippen LogP contribution is 2.17. The first-order valence-corrected chi connectivity index (χ1v) is 11.0. The monoisotopic (exact) mass is 420 g/mol. The normalized spacial score (nSPS) is 13.1. The first-order chi connectivity index (χ1) is 11.5. The molecule has 0 saturated carbocycles. The lowest BCUT2D eigenvalue weighted by Gasteiger charge is -2.41. The summed E-state index contributed by atoms with van der Waals surface area (Å²) in [6.45, 7) is 9.51. The molecule has 154 valence electrons. The van der Waals surface area contributed by atoms with Gasteiger partial charge in [0.25, 0.3) is 0 Å². The molecule has 0 rings (SSSR count). The summed E-state index contributed by atoms with van der Waals surface area (Å²) in [6.07, 6.45) is 18.9. The molecule has 0 aliphatic carbocycles. The number of halogens is 1. The molecule has 1 unspecified atom stereocenters. The van der Waals surface area contributed by atoms with Crippen molar-refractivity contribution in [1.29, 1.82) is 0 Å². The second-order valence-electron chi connectivity index (χ2n) is 8.60. The summed E-state index contributed by atoms with van der Waals surface area (Å²) in [4.78, 5) is 2.77. The average molecular weight is 422 g/mol. The predicted molar refractivity (Wildman–Crippen MR) is 110 cm³/mol. The topological polar surface area (TPSA) is 3.24 Å². The molecule has 0 heterocycles. The van der Waals surface area contributed by atoms with Crippen LogP contribution in [0.1, 0.15) is 104 Å². The Morgan fingerprint density at radius 1 is 0.600 bits per heavy atom. The van der Waals surface area contributed by atoms with Crippen LogP contribution in [0.5, 0.6) is 0 Å². The number of unbranched alkanes of at least 4 members (excludes halogenated alkanes) is 9. The Kier molecular flexibility index (Phi) is 19.7. The number of nitrogens with zero attached hydrogens (tertiary/aromatic N) is 2. The number of quaternary nitrogens is 1. The van der Waals surface area contributed by atoms with E-state index in [0.29, 0.717) is 6.17 Å². The van der Waals surface area contributed by atoms with Crippen molar-refractivity contribution in [3.63, 3.8) is 0 Å². The minimum absolute atomic E-state index is 0. The minimum Gasteiger partial charge on any atom is -1.00 e. The zero-order chi connectivity index (χ0) is 18.3. The first-order valence-electron chi connectivity index (χ1n) is 11.0. The van der Waals surface area contributed by atoms with E-state index in [1.807, 2.05) is 0 Å². The van der Waals surface area contributed by atoms with Crippen molar-refractivity contribution in [1.82, 2.24) is 4.90 Å². The van der Waals surface area contributed by atoms with Gasteiger partial charge in [-0.1, -0.05) is 78.6 Å². The van der Waals surface area contributed by atoms with Gasteiger partial charge in [-0.25, -0.2) is 0 Å². The molecule has 0 aromatic rings. The van der Waals surface area contributed by atoms with Gasteiger partial charge in [0, 0.05) is 19.5 Å². The van der Waals surface area contributed by atoms with Gasteiger partial charge in [-0.2, -0.15) is 0 Å². The Morgan fingerprint density at radius 3 is 1.48 bits per heavy atom. The fourth-order valence-electron chi connectivity index (χ4n) is 3.82. The van der Waals surface area contributed by atoms with Crippen LogP contribution in [-0.4, -0.2) is 49.8 Å². The highest BCUT2D eigenvalue weighted by atomic mass is 79.9. The maximum atomic E-state index is 2.77. The second-order valence-corrected chi connectivity index (χ2v) is 8.60. The molecule has 0 N–H and O–H groups in total. The van der Waals surface area contributed by atoms with Crippen LogP contribution < -0.4 is 17.0 Å². The van der Waals surface area contributed by atoms with E-state index in [0.717, 1.165) is 4.48 Å². The minimum atomic E-state index is 0. The summed E-state index contributed by atoms with van der Waals surface area (Å²) in [6, 6.07) is 0. The van der Waals surface area contributed by atoms with Crippen LogP contribution in [-0.2, 0) is 0 Å². The second kappa shape index (κ2) is 17.8. The van der Waals surface area contributed by atoms with Crippen LogP contribution in [0.4, 0.5) is 0 Å². The Labute approximate surface area is 171 Å². The van der Waals surface area contributed by atoms with E-state index in [1.165, 1.54) is 96.6 Å². The van der Waals surface area contributed by atoms with Crippen molar-refractivity contribution >= 4 is 0 Å². The summed E-state index contributed by atoms with van der Waals surface area (Å²) in [5.74, 6) is 0. The molecule has 3 heteroatoms. The van der Waals surface area contributed by atoms with Gasteiger partial charge in [0.2, 0.25) is 0 Å².